The van der Waals surface area contributed by atoms with Crippen LogP contribution in [0.25, 0.3) is 0 Å². The molecular weight excluding hydrogens is 249 g/mol. The molecule has 0 amide bonds. The second-order valence-electron chi connectivity index (χ2n) is 3.10. The van der Waals surface area contributed by atoms with Crippen molar-refractivity contribution in [1.82, 2.24) is 0 Å². The molecule has 0 aliphatic rings. The van der Waals surface area contributed by atoms with Crippen LogP contribution in [-0.2, 0) is 0 Å². The molecule has 0 saturated heterocycles. The van der Waals surface area contributed by atoms with Gasteiger partial charge in [-0.15, -0.1) is 0 Å². The smallest absolute Gasteiger partial charge is 0.206 e. The highest BCUT2D eigenvalue weighted by molar-refractivity contribution is 5.29. The topological polar surface area (TPSA) is 55.5 Å². The van der Waals surface area contributed by atoms with Gasteiger partial charge in [-0.05, 0) is 0 Å². The Kier molecular flexibility index (Phi) is 4.24. The van der Waals surface area contributed by atoms with E-state index in [0.29, 0.717) is 0 Å². The molecule has 0 bridgehead atoms. The van der Waals surface area contributed by atoms with E-state index >= 15 is 0 Å². The maximum absolute atomic E-state index is 13.0. The first-order chi connectivity index (χ1) is 7.90. The average Bonchev–Trinajstić information content (AvgIpc) is 2.33. The molecule has 96 valence electrons. The van der Waals surface area contributed by atoms with Gasteiger partial charge in [0.15, 0.2) is 5.75 Å². The molecule has 1 rings (SSSR count). The van der Waals surface area contributed by atoms with Crippen LogP contribution in [0.1, 0.15) is 0 Å². The minimum Gasteiger partial charge on any atom is -0.485 e. The summed E-state index contributed by atoms with van der Waals surface area (Å²) in [5.74, 6) is -12.1. The Morgan fingerprint density at radius 3 is 1.76 bits per heavy atom. The molecule has 0 fully saturated rings. The molecular formula is C9H8F5NO2. The summed E-state index contributed by atoms with van der Waals surface area (Å²) < 4.78 is 68.3. The van der Waals surface area contributed by atoms with Gasteiger partial charge in [0.25, 0.3) is 0 Å². The molecule has 3 nitrogen and oxygen atoms in total. The molecule has 3 N–H and O–H groups in total. The van der Waals surface area contributed by atoms with E-state index in [-0.39, 0.29) is 6.54 Å². The molecule has 0 aliphatic heterocycles. The average molecular weight is 257 g/mol. The summed E-state index contributed by atoms with van der Waals surface area (Å²) in [7, 11) is 0. The molecule has 0 aliphatic carbocycles. The van der Waals surface area contributed by atoms with Gasteiger partial charge in [0.05, 0.1) is 0 Å². The van der Waals surface area contributed by atoms with Crippen LogP contribution >= 0.6 is 0 Å². The summed E-state index contributed by atoms with van der Waals surface area (Å²) in [6.07, 6.45) is -1.27. The third-order valence-electron chi connectivity index (χ3n) is 1.86. The second-order valence-corrected chi connectivity index (χ2v) is 3.10. The number of hydrogen-bond donors (Lipinski definition) is 2. The first-order valence-electron chi connectivity index (χ1n) is 4.42. The van der Waals surface area contributed by atoms with E-state index in [9.17, 15) is 22.0 Å². The SMILES string of the molecule is NCC(O)COc1c(F)c(F)c(F)c(F)c1F. The third kappa shape index (κ3) is 2.64. The zero-order chi connectivity index (χ0) is 13.2. The van der Waals surface area contributed by atoms with Gasteiger partial charge in [-0.1, -0.05) is 0 Å². The van der Waals surface area contributed by atoms with Gasteiger partial charge in [0, 0.05) is 6.54 Å². The van der Waals surface area contributed by atoms with Gasteiger partial charge in [-0.3, -0.25) is 0 Å². The van der Waals surface area contributed by atoms with Gasteiger partial charge in [0.1, 0.15) is 12.7 Å². The number of ether oxygens (including phenoxy) is 1. The number of aliphatic hydroxyl groups excluding tert-OH is 1. The molecule has 1 unspecified atom stereocenters. The number of nitrogens with two attached hydrogens (primary N) is 1. The van der Waals surface area contributed by atoms with Crippen molar-refractivity contribution in [3.63, 3.8) is 0 Å². The van der Waals surface area contributed by atoms with Crippen molar-refractivity contribution in [2.24, 2.45) is 5.73 Å². The highest BCUT2D eigenvalue weighted by Gasteiger charge is 2.27. The fourth-order valence-corrected chi connectivity index (χ4v) is 0.959. The van der Waals surface area contributed by atoms with Crippen molar-refractivity contribution in [3.8, 4) is 5.75 Å². The monoisotopic (exact) mass is 257 g/mol. The minimum atomic E-state index is -2.27. The van der Waals surface area contributed by atoms with E-state index in [0.717, 1.165) is 0 Å². The first-order valence-corrected chi connectivity index (χ1v) is 4.42. The van der Waals surface area contributed by atoms with Crippen molar-refractivity contribution < 1.29 is 31.8 Å². The van der Waals surface area contributed by atoms with E-state index in [1.807, 2.05) is 0 Å². The van der Waals surface area contributed by atoms with E-state index in [1.54, 1.807) is 0 Å². The van der Waals surface area contributed by atoms with Crippen LogP contribution in [-0.4, -0.2) is 24.4 Å². The molecule has 17 heavy (non-hydrogen) atoms. The van der Waals surface area contributed by atoms with Crippen molar-refractivity contribution in [3.05, 3.63) is 29.1 Å². The Bertz CT molecular complexity index is 397. The first kappa shape index (κ1) is 13.7. The lowest BCUT2D eigenvalue weighted by Gasteiger charge is -2.12. The Balaban J connectivity index is 3.07. The Hall–Kier alpha value is -1.41. The maximum atomic E-state index is 13.0. The van der Waals surface area contributed by atoms with Crippen LogP contribution in [0, 0.1) is 29.1 Å². The quantitative estimate of drug-likeness (QED) is 0.482. The van der Waals surface area contributed by atoms with Gasteiger partial charge in [-0.25, -0.2) is 13.2 Å². The maximum Gasteiger partial charge on any atom is 0.206 e. The zero-order valence-electron chi connectivity index (χ0n) is 8.31. The van der Waals surface area contributed by atoms with Gasteiger partial charge in [-0.2, -0.15) is 8.78 Å². The molecule has 8 heteroatoms. The van der Waals surface area contributed by atoms with Crippen molar-refractivity contribution in [2.75, 3.05) is 13.2 Å². The summed E-state index contributed by atoms with van der Waals surface area (Å²) in [5, 5.41) is 8.94. The van der Waals surface area contributed by atoms with E-state index < -0.39 is 47.5 Å². The molecule has 0 saturated carbocycles. The summed E-state index contributed by atoms with van der Waals surface area (Å²) in [6.45, 7) is -0.968. The molecule has 0 radical (unpaired) electrons. The second kappa shape index (κ2) is 5.28. The summed E-state index contributed by atoms with van der Waals surface area (Å²) in [6, 6.07) is 0. The fourth-order valence-electron chi connectivity index (χ4n) is 0.959. The molecule has 0 heterocycles. The molecule has 1 aromatic carbocycles. The summed E-state index contributed by atoms with van der Waals surface area (Å²) in [5.41, 5.74) is 4.97. The van der Waals surface area contributed by atoms with Gasteiger partial charge in [0.2, 0.25) is 29.1 Å². The number of hydrogen-bond acceptors (Lipinski definition) is 3. The van der Waals surface area contributed by atoms with Crippen molar-refractivity contribution >= 4 is 0 Å². The summed E-state index contributed by atoms with van der Waals surface area (Å²) in [4.78, 5) is 0. The lowest BCUT2D eigenvalue weighted by atomic mass is 10.2. The molecule has 0 spiro atoms. The van der Waals surface area contributed by atoms with E-state index in [4.69, 9.17) is 10.8 Å². The standard InChI is InChI=1S/C9H8F5NO2/c10-4-5(11)7(13)9(8(14)6(4)12)17-2-3(16)1-15/h3,16H,1-2,15H2. The van der Waals surface area contributed by atoms with Crippen LogP contribution in [0.2, 0.25) is 0 Å². The lowest BCUT2D eigenvalue weighted by Crippen LogP contribution is -2.27. The molecule has 1 atom stereocenters. The number of benzene rings is 1. The highest BCUT2D eigenvalue weighted by Crippen LogP contribution is 2.29. The van der Waals surface area contributed by atoms with Gasteiger partial charge >= 0.3 is 0 Å². The Morgan fingerprint density at radius 2 is 1.35 bits per heavy atom. The van der Waals surface area contributed by atoms with E-state index in [1.165, 1.54) is 0 Å². The van der Waals surface area contributed by atoms with Crippen LogP contribution in [0.4, 0.5) is 22.0 Å². The predicted molar refractivity (Wildman–Crippen MR) is 46.8 cm³/mol. The van der Waals surface area contributed by atoms with Crippen LogP contribution < -0.4 is 10.5 Å². The van der Waals surface area contributed by atoms with Gasteiger partial charge < -0.3 is 15.6 Å². The Labute approximate surface area is 92.6 Å². The lowest BCUT2D eigenvalue weighted by molar-refractivity contribution is 0.107. The van der Waals surface area contributed by atoms with Crippen molar-refractivity contribution in [1.29, 1.82) is 0 Å². The molecule has 1 aromatic rings. The number of halogens is 5. The molecule has 0 aromatic heterocycles. The van der Waals surface area contributed by atoms with Crippen LogP contribution in [0.5, 0.6) is 5.75 Å². The highest BCUT2D eigenvalue weighted by atomic mass is 19.2. The number of aliphatic hydroxyl groups is 1. The fraction of sp³-hybridized carbons (Fsp3) is 0.333. The number of rotatable bonds is 4. The largest absolute Gasteiger partial charge is 0.485 e. The normalized spacial score (nSPS) is 12.6. The van der Waals surface area contributed by atoms with E-state index in [2.05, 4.69) is 4.74 Å². The van der Waals surface area contributed by atoms with Crippen LogP contribution in [0.3, 0.4) is 0 Å². The third-order valence-corrected chi connectivity index (χ3v) is 1.86. The zero-order valence-corrected chi connectivity index (χ0v) is 8.31. The van der Waals surface area contributed by atoms with Crippen LogP contribution in [0.15, 0.2) is 0 Å². The Morgan fingerprint density at radius 1 is 0.941 bits per heavy atom. The van der Waals surface area contributed by atoms with Crippen molar-refractivity contribution in [2.45, 2.75) is 6.10 Å². The summed E-state index contributed by atoms with van der Waals surface area (Å²) >= 11 is 0. The predicted octanol–water partition coefficient (Wildman–Crippen LogP) is 1.08. The minimum absolute atomic E-state index is 0.282.